The molecule has 98 valence electrons. The molecule has 1 atom stereocenters. The molecule has 1 fully saturated rings. The van der Waals surface area contributed by atoms with Crippen LogP contribution in [0.3, 0.4) is 0 Å². The minimum Gasteiger partial charge on any atom is -0.496 e. The summed E-state index contributed by atoms with van der Waals surface area (Å²) in [6.07, 6.45) is 3.22. The molecular weight excluding hydrogens is 296 g/mol. The molecule has 0 radical (unpaired) electrons. The van der Waals surface area contributed by atoms with E-state index in [2.05, 4.69) is 15.9 Å². The van der Waals surface area contributed by atoms with Crippen molar-refractivity contribution in [2.24, 2.45) is 0 Å². The number of ether oxygens (including phenoxy) is 2. The second-order valence-electron chi connectivity index (χ2n) is 4.52. The topological polar surface area (TPSA) is 35.5 Å². The van der Waals surface area contributed by atoms with Crippen molar-refractivity contribution in [1.82, 2.24) is 0 Å². The van der Waals surface area contributed by atoms with Gasteiger partial charge in [-0.3, -0.25) is 4.79 Å². The summed E-state index contributed by atoms with van der Waals surface area (Å²) in [6, 6.07) is 5.74. The lowest BCUT2D eigenvalue weighted by atomic mass is 10.0. The van der Waals surface area contributed by atoms with Gasteiger partial charge in [0, 0.05) is 19.4 Å². The highest BCUT2D eigenvalue weighted by Crippen LogP contribution is 2.26. The summed E-state index contributed by atoms with van der Waals surface area (Å²) in [5, 5.41) is 0. The first kappa shape index (κ1) is 13.6. The molecular formula is C14H17BrO3. The van der Waals surface area contributed by atoms with E-state index in [-0.39, 0.29) is 11.9 Å². The monoisotopic (exact) mass is 312 g/mol. The van der Waals surface area contributed by atoms with E-state index in [0.29, 0.717) is 12.8 Å². The Morgan fingerprint density at radius 3 is 3.00 bits per heavy atom. The van der Waals surface area contributed by atoms with Gasteiger partial charge in [-0.15, -0.1) is 0 Å². The average Bonchev–Trinajstić information content (AvgIpc) is 2.82. The summed E-state index contributed by atoms with van der Waals surface area (Å²) in [5.74, 6) is 1.02. The number of ketones is 1. The standard InChI is InChI=1S/C14H17BrO3/c1-17-14-5-4-10(8-13(14)15)7-11(16)9-12-3-2-6-18-12/h4-5,8,12H,2-3,6-7,9H2,1H3. The van der Waals surface area contributed by atoms with Crippen molar-refractivity contribution < 1.29 is 14.3 Å². The molecule has 0 bridgehead atoms. The van der Waals surface area contributed by atoms with E-state index in [1.54, 1.807) is 7.11 Å². The largest absolute Gasteiger partial charge is 0.496 e. The predicted octanol–water partition coefficient (Wildman–Crippen LogP) is 3.14. The van der Waals surface area contributed by atoms with Gasteiger partial charge in [0.1, 0.15) is 11.5 Å². The van der Waals surface area contributed by atoms with E-state index < -0.39 is 0 Å². The number of carbonyl (C=O) groups is 1. The zero-order chi connectivity index (χ0) is 13.0. The smallest absolute Gasteiger partial charge is 0.139 e. The molecule has 2 rings (SSSR count). The summed E-state index contributed by atoms with van der Waals surface area (Å²) in [5.41, 5.74) is 1.01. The lowest BCUT2D eigenvalue weighted by Crippen LogP contribution is -2.14. The molecule has 1 aliphatic heterocycles. The zero-order valence-corrected chi connectivity index (χ0v) is 12.0. The Bertz CT molecular complexity index is 425. The van der Waals surface area contributed by atoms with Gasteiger partial charge in [-0.05, 0) is 46.5 Å². The summed E-state index contributed by atoms with van der Waals surface area (Å²) in [4.78, 5) is 11.9. The van der Waals surface area contributed by atoms with Gasteiger partial charge in [0.05, 0.1) is 17.7 Å². The van der Waals surface area contributed by atoms with Crippen LogP contribution in [0.2, 0.25) is 0 Å². The Labute approximate surface area is 116 Å². The number of carbonyl (C=O) groups excluding carboxylic acids is 1. The molecule has 1 aromatic rings. The van der Waals surface area contributed by atoms with Gasteiger partial charge in [-0.1, -0.05) is 6.07 Å². The van der Waals surface area contributed by atoms with E-state index in [0.717, 1.165) is 35.2 Å². The molecule has 0 aliphatic carbocycles. The Balaban J connectivity index is 1.92. The number of rotatable bonds is 5. The van der Waals surface area contributed by atoms with E-state index in [1.165, 1.54) is 0 Å². The minimum atomic E-state index is 0.138. The van der Waals surface area contributed by atoms with Gasteiger partial charge in [0.15, 0.2) is 0 Å². The molecule has 3 nitrogen and oxygen atoms in total. The van der Waals surface area contributed by atoms with Crippen molar-refractivity contribution in [3.05, 3.63) is 28.2 Å². The van der Waals surface area contributed by atoms with Crippen molar-refractivity contribution in [3.8, 4) is 5.75 Å². The lowest BCUT2D eigenvalue weighted by Gasteiger charge is -2.09. The van der Waals surface area contributed by atoms with E-state index in [1.807, 2.05) is 18.2 Å². The maximum atomic E-state index is 11.9. The fourth-order valence-corrected chi connectivity index (χ4v) is 2.77. The van der Waals surface area contributed by atoms with Crippen LogP contribution in [0.1, 0.15) is 24.8 Å². The molecule has 1 aromatic carbocycles. The molecule has 0 spiro atoms. The van der Waals surface area contributed by atoms with Crippen molar-refractivity contribution in [2.45, 2.75) is 31.8 Å². The second-order valence-corrected chi connectivity index (χ2v) is 5.38. The Kier molecular flexibility index (Phi) is 4.78. The van der Waals surface area contributed by atoms with Crippen molar-refractivity contribution >= 4 is 21.7 Å². The van der Waals surface area contributed by atoms with Crippen molar-refractivity contribution in [1.29, 1.82) is 0 Å². The molecule has 0 N–H and O–H groups in total. The predicted molar refractivity (Wildman–Crippen MR) is 73.0 cm³/mol. The average molecular weight is 313 g/mol. The van der Waals surface area contributed by atoms with Crippen molar-refractivity contribution in [2.75, 3.05) is 13.7 Å². The summed E-state index contributed by atoms with van der Waals surface area (Å²) in [6.45, 7) is 0.798. The molecule has 0 amide bonds. The molecule has 4 heteroatoms. The molecule has 1 heterocycles. The number of halogens is 1. The van der Waals surface area contributed by atoms with Crippen LogP contribution in [0.4, 0.5) is 0 Å². The van der Waals surface area contributed by atoms with Crippen LogP contribution in [0, 0.1) is 0 Å². The fraction of sp³-hybridized carbons (Fsp3) is 0.500. The highest BCUT2D eigenvalue weighted by Gasteiger charge is 2.19. The molecule has 1 saturated heterocycles. The summed E-state index contributed by atoms with van der Waals surface area (Å²) < 4.78 is 11.5. The third kappa shape index (κ3) is 3.56. The van der Waals surface area contributed by atoms with E-state index in [9.17, 15) is 4.79 Å². The van der Waals surface area contributed by atoms with Crippen LogP contribution >= 0.6 is 15.9 Å². The minimum absolute atomic E-state index is 0.138. The van der Waals surface area contributed by atoms with E-state index >= 15 is 0 Å². The van der Waals surface area contributed by atoms with E-state index in [4.69, 9.17) is 9.47 Å². The lowest BCUT2D eigenvalue weighted by molar-refractivity contribution is -0.120. The number of hydrogen-bond donors (Lipinski definition) is 0. The summed E-state index contributed by atoms with van der Waals surface area (Å²) >= 11 is 3.42. The first-order valence-corrected chi connectivity index (χ1v) is 6.94. The highest BCUT2D eigenvalue weighted by atomic mass is 79.9. The van der Waals surface area contributed by atoms with Gasteiger partial charge >= 0.3 is 0 Å². The zero-order valence-electron chi connectivity index (χ0n) is 10.4. The third-order valence-corrected chi connectivity index (χ3v) is 3.72. The van der Waals surface area contributed by atoms with Crippen LogP contribution in [0.5, 0.6) is 5.75 Å². The van der Waals surface area contributed by atoms with Crippen LogP contribution < -0.4 is 4.74 Å². The Hall–Kier alpha value is -0.870. The number of methoxy groups -OCH3 is 1. The molecule has 0 saturated carbocycles. The normalized spacial score (nSPS) is 18.9. The highest BCUT2D eigenvalue weighted by molar-refractivity contribution is 9.10. The molecule has 0 aromatic heterocycles. The van der Waals surface area contributed by atoms with Gasteiger partial charge in [-0.2, -0.15) is 0 Å². The quantitative estimate of drug-likeness (QED) is 0.838. The van der Waals surface area contributed by atoms with Crippen LogP contribution in [-0.2, 0) is 16.0 Å². The van der Waals surface area contributed by atoms with Gasteiger partial charge in [-0.25, -0.2) is 0 Å². The third-order valence-electron chi connectivity index (χ3n) is 3.10. The number of benzene rings is 1. The molecule has 1 unspecified atom stereocenters. The maximum absolute atomic E-state index is 11.9. The van der Waals surface area contributed by atoms with Crippen LogP contribution in [0.25, 0.3) is 0 Å². The van der Waals surface area contributed by atoms with Gasteiger partial charge in [0.2, 0.25) is 0 Å². The van der Waals surface area contributed by atoms with Crippen LogP contribution in [0.15, 0.2) is 22.7 Å². The van der Waals surface area contributed by atoms with Crippen LogP contribution in [-0.4, -0.2) is 25.6 Å². The number of hydrogen-bond acceptors (Lipinski definition) is 3. The summed E-state index contributed by atoms with van der Waals surface area (Å²) in [7, 11) is 1.63. The van der Waals surface area contributed by atoms with Gasteiger partial charge < -0.3 is 9.47 Å². The van der Waals surface area contributed by atoms with Crippen molar-refractivity contribution in [3.63, 3.8) is 0 Å². The maximum Gasteiger partial charge on any atom is 0.139 e. The first-order valence-electron chi connectivity index (χ1n) is 6.15. The number of Topliss-reactive ketones (excluding diaryl/α,β-unsaturated/α-hetero) is 1. The fourth-order valence-electron chi connectivity index (χ4n) is 2.18. The Morgan fingerprint density at radius 2 is 2.39 bits per heavy atom. The molecule has 18 heavy (non-hydrogen) atoms. The molecule has 1 aliphatic rings. The second kappa shape index (κ2) is 6.34. The SMILES string of the molecule is COc1ccc(CC(=O)CC2CCCO2)cc1Br. The van der Waals surface area contributed by atoms with Gasteiger partial charge in [0.25, 0.3) is 0 Å². The Morgan fingerprint density at radius 1 is 1.56 bits per heavy atom. The first-order chi connectivity index (χ1) is 8.69.